The van der Waals surface area contributed by atoms with E-state index in [0.29, 0.717) is 0 Å². The molecule has 0 aromatic heterocycles. The van der Waals surface area contributed by atoms with Gasteiger partial charge in [0.15, 0.2) is 0 Å². The zero-order valence-corrected chi connectivity index (χ0v) is 20.1. The minimum Gasteiger partial charge on any atom is -1.00 e. The maximum absolute atomic E-state index is 4.50. The van der Waals surface area contributed by atoms with E-state index in [2.05, 4.69) is 11.1 Å². The number of hydrogen-bond donors (Lipinski definition) is 2. The fourth-order valence-corrected chi connectivity index (χ4v) is 0. The van der Waals surface area contributed by atoms with Crippen LogP contribution >= 0.6 is 0 Å². The van der Waals surface area contributed by atoms with Crippen molar-refractivity contribution >= 4 is 32.5 Å². The van der Waals surface area contributed by atoms with Gasteiger partial charge in [-0.05, 0) is 0 Å². The van der Waals surface area contributed by atoms with Crippen LogP contribution in [0.5, 0.6) is 0 Å². The van der Waals surface area contributed by atoms with E-state index >= 15 is 0 Å². The molecule has 0 aliphatic carbocycles. The Labute approximate surface area is 181 Å². The molecular weight excluding hydrogens is 991 g/mol. The van der Waals surface area contributed by atoms with Gasteiger partial charge in [-0.1, -0.05) is 0 Å². The van der Waals surface area contributed by atoms with Gasteiger partial charge in [-0.15, -0.1) is 0 Å². The monoisotopic (exact) mass is 995 g/mol. The zero-order valence-electron chi connectivity index (χ0n) is 4.37. The second-order valence-corrected chi connectivity index (χ2v) is 0.192. The van der Waals surface area contributed by atoms with Gasteiger partial charge in [0.05, 0.1) is 0 Å². The molecule has 0 rings (SSSR count). The predicted octanol–water partition coefficient (Wildman–Crippen LogP) is -17.6. The minimum atomic E-state index is 0. The van der Waals surface area contributed by atoms with Crippen molar-refractivity contribution in [2.24, 2.45) is 5.73 Å². The van der Waals surface area contributed by atoms with E-state index in [4.69, 9.17) is 0 Å². The second kappa shape index (κ2) is 67.7. The first-order chi connectivity index (χ1) is 1.41. The van der Waals surface area contributed by atoms with E-state index in [9.17, 15) is 0 Å². The van der Waals surface area contributed by atoms with Crippen LogP contribution in [0.3, 0.4) is 0 Å². The summed E-state index contributed by atoms with van der Waals surface area (Å²) in [7, 11) is 0. The molecule has 0 unspecified atom stereocenters. The molecule has 2 radical (unpaired) electrons. The maximum atomic E-state index is 4.50. The zero-order chi connectivity index (χ0) is 2.71. The van der Waals surface area contributed by atoms with Crippen molar-refractivity contribution in [2.45, 2.75) is 0 Å². The van der Waals surface area contributed by atoms with Gasteiger partial charge in [0, 0.05) is 0 Å². The van der Waals surface area contributed by atoms with Crippen LogP contribution in [0.15, 0.2) is 0 Å². The third-order valence-electron chi connectivity index (χ3n) is 0. The topological polar surface area (TPSA) is 51.6 Å². The average molecular weight is 996 g/mol. The van der Waals surface area contributed by atoms with Crippen molar-refractivity contribution in [1.82, 2.24) is 0 Å². The van der Waals surface area contributed by atoms with Crippen LogP contribution in [0.2, 0.25) is 0 Å². The van der Waals surface area contributed by atoms with Gasteiger partial charge >= 0.3 is 48.6 Å². The van der Waals surface area contributed by atoms with Gasteiger partial charge in [0.25, 0.3) is 0 Å². The SMILES string of the molecule is NC=[NH2+].[Ag+].[Bi+3].[I-].[I-].[I-].[I-].[I-]. The van der Waals surface area contributed by atoms with E-state index in [1.54, 1.807) is 0 Å². The Morgan fingerprint density at radius 2 is 0.900 bits per heavy atom. The molecule has 0 atom stereocenters. The van der Waals surface area contributed by atoms with Crippen LogP contribution in [0, 0.1) is 0 Å². The van der Waals surface area contributed by atoms with Crippen LogP contribution in [-0.2, 0) is 22.4 Å². The molecule has 9 heteroatoms. The van der Waals surface area contributed by atoms with E-state index in [0.717, 1.165) is 6.34 Å². The molecule has 0 aromatic rings. The largest absolute Gasteiger partial charge is 3.00 e. The fourth-order valence-electron chi connectivity index (χ4n) is 0. The predicted molar refractivity (Wildman–Crippen MR) is 17.9 cm³/mol. The molecule has 0 saturated carbocycles. The maximum Gasteiger partial charge on any atom is 3.00 e. The third-order valence-corrected chi connectivity index (χ3v) is 0. The van der Waals surface area contributed by atoms with Crippen molar-refractivity contribution in [1.29, 1.82) is 0 Å². The molecule has 0 fully saturated rings. The molecule has 0 aliphatic heterocycles. The first-order valence-electron chi connectivity index (χ1n) is 0.667. The van der Waals surface area contributed by atoms with E-state index < -0.39 is 0 Å². The average Bonchev–Trinajstić information content (AvgIpc) is 0.918. The Balaban J connectivity index is -0.000000000952. The molecular formula is CH5AgBiI5N2. The van der Waals surface area contributed by atoms with E-state index in [-0.39, 0.29) is 168 Å². The summed E-state index contributed by atoms with van der Waals surface area (Å²) >= 11 is 0. The number of hydrogen-bond acceptors (Lipinski definition) is 0. The summed E-state index contributed by atoms with van der Waals surface area (Å²) in [4.78, 5) is 0. The second-order valence-electron chi connectivity index (χ2n) is 0.192. The van der Waals surface area contributed by atoms with Crippen molar-refractivity contribution in [3.05, 3.63) is 0 Å². The Bertz CT molecular complexity index is 27.1. The van der Waals surface area contributed by atoms with Crippen LogP contribution in [0.4, 0.5) is 0 Å². The summed E-state index contributed by atoms with van der Waals surface area (Å²) in [5.41, 5.74) is 4.50. The van der Waals surface area contributed by atoms with Gasteiger partial charge in [0.2, 0.25) is 6.34 Å². The van der Waals surface area contributed by atoms with Gasteiger partial charge in [-0.2, -0.15) is 0 Å². The fraction of sp³-hybridized carbons (Fsp3) is 0. The first-order valence-corrected chi connectivity index (χ1v) is 0.667. The molecule has 0 heterocycles. The standard InChI is InChI=1S/CH4N2.Ag.Bi.5HI/c2-1-3;;;;;;;/h1H,(H3,2,3);;;5*1H/q;+1;+3;;;;;/p-4. The van der Waals surface area contributed by atoms with Crippen LogP contribution < -0.4 is 131 Å². The van der Waals surface area contributed by atoms with Crippen molar-refractivity contribution in [3.8, 4) is 0 Å². The molecule has 0 aromatic carbocycles. The minimum absolute atomic E-state index is 0. The van der Waals surface area contributed by atoms with Gasteiger partial charge in [0.1, 0.15) is 0 Å². The van der Waals surface area contributed by atoms with Crippen molar-refractivity contribution in [3.63, 3.8) is 0 Å². The third kappa shape index (κ3) is 78.1. The molecule has 2 nitrogen and oxygen atoms in total. The molecule has 70 valence electrons. The molecule has 4 N–H and O–H groups in total. The van der Waals surface area contributed by atoms with Crippen LogP contribution in [-0.4, -0.2) is 32.5 Å². The Morgan fingerprint density at radius 3 is 0.900 bits per heavy atom. The molecule has 10 heavy (non-hydrogen) atoms. The van der Waals surface area contributed by atoms with Crippen molar-refractivity contribution in [2.75, 3.05) is 0 Å². The summed E-state index contributed by atoms with van der Waals surface area (Å²) in [6, 6.07) is 0. The Kier molecular flexibility index (Phi) is 414. The van der Waals surface area contributed by atoms with Crippen LogP contribution in [0.25, 0.3) is 0 Å². The molecule has 0 saturated heterocycles. The first kappa shape index (κ1) is 61.2. The Hall–Kier alpha value is 4.74. The summed E-state index contributed by atoms with van der Waals surface area (Å²) in [5.74, 6) is 0. The summed E-state index contributed by atoms with van der Waals surface area (Å²) < 4.78 is 0. The normalized spacial score (nSPS) is 1.20. The summed E-state index contributed by atoms with van der Waals surface area (Å²) in [5, 5.41) is 4.50. The van der Waals surface area contributed by atoms with E-state index in [1.165, 1.54) is 0 Å². The summed E-state index contributed by atoms with van der Waals surface area (Å²) in [6.07, 6.45) is 1.00. The number of nitrogens with two attached hydrogens (primary N) is 2. The quantitative estimate of drug-likeness (QED) is 0.108. The molecule has 0 spiro atoms. The molecule has 0 bridgehead atoms. The van der Waals surface area contributed by atoms with Gasteiger partial charge in [-0.3, -0.25) is 11.1 Å². The van der Waals surface area contributed by atoms with Gasteiger partial charge in [-0.25, -0.2) is 0 Å². The van der Waals surface area contributed by atoms with Crippen LogP contribution in [0.1, 0.15) is 0 Å². The Morgan fingerprint density at radius 1 is 0.900 bits per heavy atom. The molecule has 0 amide bonds. The van der Waals surface area contributed by atoms with Crippen molar-refractivity contribution < 1.29 is 148 Å². The number of halogens is 5. The number of rotatable bonds is 0. The van der Waals surface area contributed by atoms with E-state index in [1.807, 2.05) is 0 Å². The van der Waals surface area contributed by atoms with Gasteiger partial charge < -0.3 is 120 Å². The molecule has 0 aliphatic rings. The summed E-state index contributed by atoms with van der Waals surface area (Å²) in [6.45, 7) is 0. The smallest absolute Gasteiger partial charge is 1.00 e.